The highest BCUT2D eigenvalue weighted by Crippen LogP contribution is 2.32. The van der Waals surface area contributed by atoms with E-state index >= 15 is 0 Å². The van der Waals surface area contributed by atoms with Gasteiger partial charge in [0.15, 0.2) is 0 Å². The summed E-state index contributed by atoms with van der Waals surface area (Å²) in [6, 6.07) is 33.4. The summed E-state index contributed by atoms with van der Waals surface area (Å²) in [5.41, 5.74) is 2.31. The number of benzene rings is 4. The molecule has 4 rings (SSSR count). The molecule has 4 aromatic rings. The van der Waals surface area contributed by atoms with Gasteiger partial charge in [0.2, 0.25) is 10.0 Å². The Labute approximate surface area is 178 Å². The fourth-order valence-corrected chi connectivity index (χ4v) is 4.98. The van der Waals surface area contributed by atoms with Crippen LogP contribution in [0.2, 0.25) is 0 Å². The zero-order valence-corrected chi connectivity index (χ0v) is 17.7. The molecule has 0 saturated carbocycles. The normalized spacial score (nSPS) is 13.8. The Kier molecular flexibility index (Phi) is 5.98. The molecule has 0 heterocycles. The fraction of sp³-hybridized carbons (Fsp3) is 0.154. The number of hydrogen-bond acceptors (Lipinski definition) is 2. The Hall–Kier alpha value is -2.95. The summed E-state index contributed by atoms with van der Waals surface area (Å²) >= 11 is 0. The summed E-state index contributed by atoms with van der Waals surface area (Å²) in [7, 11) is -3.62. The average molecular weight is 416 g/mol. The van der Waals surface area contributed by atoms with Crippen LogP contribution in [-0.4, -0.2) is 15.0 Å². The van der Waals surface area contributed by atoms with Crippen molar-refractivity contribution < 1.29 is 8.42 Å². The Morgan fingerprint density at radius 1 is 0.700 bits per heavy atom. The zero-order chi connectivity index (χ0) is 21.0. The van der Waals surface area contributed by atoms with Crippen LogP contribution < -0.4 is 4.72 Å². The van der Waals surface area contributed by atoms with E-state index in [2.05, 4.69) is 35.9 Å². The third-order valence-electron chi connectivity index (χ3n) is 5.68. The predicted octanol–water partition coefficient (Wildman–Crippen LogP) is 5.71. The molecule has 0 amide bonds. The van der Waals surface area contributed by atoms with Crippen LogP contribution >= 0.6 is 0 Å². The second kappa shape index (κ2) is 8.82. The summed E-state index contributed by atoms with van der Waals surface area (Å²) < 4.78 is 29.0. The monoisotopic (exact) mass is 415 g/mol. The molecule has 152 valence electrons. The molecule has 4 aromatic carbocycles. The first-order chi connectivity index (χ1) is 14.5. The van der Waals surface area contributed by atoms with Gasteiger partial charge in [0, 0.05) is 12.5 Å². The minimum Gasteiger partial charge on any atom is -0.211 e. The largest absolute Gasteiger partial charge is 0.240 e. The van der Waals surface area contributed by atoms with Gasteiger partial charge in [0.25, 0.3) is 0 Å². The van der Waals surface area contributed by atoms with Crippen molar-refractivity contribution in [1.29, 1.82) is 0 Å². The van der Waals surface area contributed by atoms with Gasteiger partial charge in [-0.2, -0.15) is 0 Å². The summed E-state index contributed by atoms with van der Waals surface area (Å²) in [6.45, 7) is 2.48. The van der Waals surface area contributed by atoms with Crippen LogP contribution in [0.15, 0.2) is 108 Å². The van der Waals surface area contributed by atoms with Crippen LogP contribution in [0.3, 0.4) is 0 Å². The van der Waals surface area contributed by atoms with Gasteiger partial charge in [0.05, 0.1) is 4.90 Å². The molecule has 4 heteroatoms. The van der Waals surface area contributed by atoms with Crippen molar-refractivity contribution in [3.63, 3.8) is 0 Å². The van der Waals surface area contributed by atoms with Crippen LogP contribution in [0.1, 0.15) is 29.9 Å². The van der Waals surface area contributed by atoms with Crippen molar-refractivity contribution in [2.75, 3.05) is 6.54 Å². The van der Waals surface area contributed by atoms with E-state index in [0.29, 0.717) is 11.4 Å². The molecular weight excluding hydrogens is 390 g/mol. The second-order valence-corrected chi connectivity index (χ2v) is 9.34. The molecule has 1 N–H and O–H groups in total. The van der Waals surface area contributed by atoms with Crippen molar-refractivity contribution in [3.05, 3.63) is 114 Å². The SMILES string of the molecule is CC(c1ccccc1)C(CNS(=O)(=O)c1ccc2ccccc2c1)c1ccccc1. The lowest BCUT2D eigenvalue weighted by Gasteiger charge is -2.25. The molecule has 0 bridgehead atoms. The van der Waals surface area contributed by atoms with Crippen molar-refractivity contribution >= 4 is 20.8 Å². The van der Waals surface area contributed by atoms with Gasteiger partial charge in [0.1, 0.15) is 0 Å². The number of sulfonamides is 1. The Morgan fingerprint density at radius 2 is 1.27 bits per heavy atom. The molecule has 0 aromatic heterocycles. The first-order valence-electron chi connectivity index (χ1n) is 10.1. The maximum Gasteiger partial charge on any atom is 0.240 e. The predicted molar refractivity (Wildman–Crippen MR) is 123 cm³/mol. The topological polar surface area (TPSA) is 46.2 Å². The molecule has 0 radical (unpaired) electrons. The maximum absolute atomic E-state index is 13.1. The van der Waals surface area contributed by atoms with E-state index in [9.17, 15) is 8.42 Å². The Bertz CT molecular complexity index is 1220. The first kappa shape index (κ1) is 20.3. The molecule has 30 heavy (non-hydrogen) atoms. The molecule has 2 unspecified atom stereocenters. The molecule has 0 fully saturated rings. The summed E-state index contributed by atoms with van der Waals surface area (Å²) in [5, 5.41) is 1.94. The van der Waals surface area contributed by atoms with Crippen molar-refractivity contribution in [2.24, 2.45) is 0 Å². The van der Waals surface area contributed by atoms with E-state index in [0.717, 1.165) is 16.3 Å². The highest BCUT2D eigenvalue weighted by atomic mass is 32.2. The zero-order valence-electron chi connectivity index (χ0n) is 16.9. The minimum atomic E-state index is -3.62. The van der Waals surface area contributed by atoms with Crippen molar-refractivity contribution in [2.45, 2.75) is 23.7 Å². The van der Waals surface area contributed by atoms with E-state index in [-0.39, 0.29) is 11.8 Å². The van der Waals surface area contributed by atoms with E-state index < -0.39 is 10.0 Å². The smallest absolute Gasteiger partial charge is 0.211 e. The second-order valence-electron chi connectivity index (χ2n) is 7.58. The van der Waals surface area contributed by atoms with E-state index in [1.165, 1.54) is 5.56 Å². The van der Waals surface area contributed by atoms with Gasteiger partial charge in [-0.15, -0.1) is 0 Å². The standard InChI is InChI=1S/C26H25NO2S/c1-20(21-10-4-2-5-11-21)26(23-13-6-3-7-14-23)19-27-30(28,29)25-17-16-22-12-8-9-15-24(22)18-25/h2-18,20,26-27H,19H2,1H3. The third kappa shape index (κ3) is 4.45. The van der Waals surface area contributed by atoms with Crippen LogP contribution in [0.4, 0.5) is 0 Å². The summed E-state index contributed by atoms with van der Waals surface area (Å²) in [5.74, 6) is 0.178. The lowest BCUT2D eigenvalue weighted by Crippen LogP contribution is -2.30. The molecule has 2 atom stereocenters. The molecule has 0 aliphatic heterocycles. The molecule has 3 nitrogen and oxygen atoms in total. The first-order valence-corrected chi connectivity index (χ1v) is 11.6. The van der Waals surface area contributed by atoms with Crippen molar-refractivity contribution in [3.8, 4) is 0 Å². The highest BCUT2D eigenvalue weighted by molar-refractivity contribution is 7.89. The molecule has 0 aliphatic carbocycles. The lowest BCUT2D eigenvalue weighted by molar-refractivity contribution is 0.540. The van der Waals surface area contributed by atoms with Crippen LogP contribution in [0.5, 0.6) is 0 Å². The van der Waals surface area contributed by atoms with Gasteiger partial charge >= 0.3 is 0 Å². The van der Waals surface area contributed by atoms with Gasteiger partial charge in [-0.3, -0.25) is 0 Å². The van der Waals surface area contributed by atoms with Gasteiger partial charge in [-0.05, 0) is 39.9 Å². The van der Waals surface area contributed by atoms with Gasteiger partial charge < -0.3 is 0 Å². The molecule has 0 aliphatic rings. The fourth-order valence-electron chi connectivity index (χ4n) is 3.89. The van der Waals surface area contributed by atoms with Gasteiger partial charge in [-0.1, -0.05) is 97.9 Å². The summed E-state index contributed by atoms with van der Waals surface area (Å²) in [6.07, 6.45) is 0. The molecule has 0 saturated heterocycles. The lowest BCUT2D eigenvalue weighted by atomic mass is 9.83. The van der Waals surface area contributed by atoms with E-state index in [1.807, 2.05) is 66.7 Å². The number of nitrogens with one attached hydrogen (secondary N) is 1. The maximum atomic E-state index is 13.1. The number of hydrogen-bond donors (Lipinski definition) is 1. The summed E-state index contributed by atoms with van der Waals surface area (Å²) in [4.78, 5) is 0.292. The van der Waals surface area contributed by atoms with Gasteiger partial charge in [-0.25, -0.2) is 13.1 Å². The average Bonchev–Trinajstić information content (AvgIpc) is 2.80. The van der Waals surface area contributed by atoms with E-state index in [4.69, 9.17) is 0 Å². The minimum absolute atomic E-state index is 0.0174. The molecule has 0 spiro atoms. The Balaban J connectivity index is 1.61. The quantitative estimate of drug-likeness (QED) is 0.420. The number of fused-ring (bicyclic) bond motifs is 1. The highest BCUT2D eigenvalue weighted by Gasteiger charge is 2.24. The van der Waals surface area contributed by atoms with Crippen LogP contribution in [0.25, 0.3) is 10.8 Å². The number of rotatable bonds is 7. The Morgan fingerprint density at radius 3 is 1.93 bits per heavy atom. The van der Waals surface area contributed by atoms with Crippen LogP contribution in [0, 0.1) is 0 Å². The van der Waals surface area contributed by atoms with Crippen LogP contribution in [-0.2, 0) is 10.0 Å². The third-order valence-corrected chi connectivity index (χ3v) is 7.10. The van der Waals surface area contributed by atoms with Crippen molar-refractivity contribution in [1.82, 2.24) is 4.72 Å². The molecular formula is C26H25NO2S. The van der Waals surface area contributed by atoms with E-state index in [1.54, 1.807) is 12.1 Å².